The molecule has 0 radical (unpaired) electrons. The fourth-order valence-corrected chi connectivity index (χ4v) is 1.04. The van der Waals surface area contributed by atoms with Crippen LogP contribution >= 0.6 is 11.8 Å². The Morgan fingerprint density at radius 2 is 2.00 bits per heavy atom. The van der Waals surface area contributed by atoms with Crippen molar-refractivity contribution in [2.45, 2.75) is 0 Å². The number of carbonyl (C=O) groups is 2. The maximum absolute atomic E-state index is 10.9. The number of carboxylic acids is 1. The Kier molecular flexibility index (Phi) is 3.53. The van der Waals surface area contributed by atoms with Crippen molar-refractivity contribution < 1.29 is 19.4 Å². The Bertz CT molecular complexity index is 362. The van der Waals surface area contributed by atoms with E-state index in [9.17, 15) is 9.59 Å². The number of thioether (sulfide) groups is 1. The van der Waals surface area contributed by atoms with E-state index < -0.39 is 11.3 Å². The van der Waals surface area contributed by atoms with Crippen molar-refractivity contribution in [3.63, 3.8) is 0 Å². The average Bonchev–Trinajstić information content (AvgIpc) is 2.18. The molecule has 0 aliphatic heterocycles. The summed E-state index contributed by atoms with van der Waals surface area (Å²) in [4.78, 5) is 21.6. The topological polar surface area (TPSA) is 63.6 Å². The minimum absolute atomic E-state index is 0.0186. The first-order valence-corrected chi connectivity index (χ1v) is 4.95. The summed E-state index contributed by atoms with van der Waals surface area (Å²) in [6, 6.07) is 6.00. The SMILES string of the molecule is CSC(=O)Oc1ccccc1C(=O)O. The summed E-state index contributed by atoms with van der Waals surface area (Å²) in [6.45, 7) is 0. The molecule has 5 heteroatoms. The van der Waals surface area contributed by atoms with E-state index >= 15 is 0 Å². The molecule has 0 aliphatic rings. The molecular weight excluding hydrogens is 204 g/mol. The van der Waals surface area contributed by atoms with Crippen LogP contribution in [0, 0.1) is 0 Å². The quantitative estimate of drug-likeness (QED) is 0.761. The van der Waals surface area contributed by atoms with Gasteiger partial charge in [-0.3, -0.25) is 0 Å². The highest BCUT2D eigenvalue weighted by molar-refractivity contribution is 8.12. The van der Waals surface area contributed by atoms with Gasteiger partial charge in [0.2, 0.25) is 0 Å². The first-order valence-electron chi connectivity index (χ1n) is 3.73. The third-order valence-corrected chi connectivity index (χ3v) is 1.89. The van der Waals surface area contributed by atoms with Crippen molar-refractivity contribution in [3.05, 3.63) is 29.8 Å². The minimum atomic E-state index is -1.12. The number of hydrogen-bond donors (Lipinski definition) is 1. The number of ether oxygens (including phenoxy) is 1. The zero-order valence-electron chi connectivity index (χ0n) is 7.39. The molecule has 74 valence electrons. The average molecular weight is 212 g/mol. The van der Waals surface area contributed by atoms with Gasteiger partial charge in [0, 0.05) is 0 Å². The summed E-state index contributed by atoms with van der Waals surface area (Å²) < 4.78 is 4.80. The predicted molar refractivity (Wildman–Crippen MR) is 52.9 cm³/mol. The van der Waals surface area contributed by atoms with E-state index in [1.165, 1.54) is 12.1 Å². The van der Waals surface area contributed by atoms with Gasteiger partial charge < -0.3 is 9.84 Å². The van der Waals surface area contributed by atoms with Crippen LogP contribution in [0.3, 0.4) is 0 Å². The molecular formula is C9H8O4S. The van der Waals surface area contributed by atoms with Crippen LogP contribution in [0.4, 0.5) is 4.79 Å². The molecule has 4 nitrogen and oxygen atoms in total. The number of carbonyl (C=O) groups excluding carboxylic acids is 1. The molecule has 0 spiro atoms. The van der Waals surface area contributed by atoms with E-state index in [0.29, 0.717) is 0 Å². The van der Waals surface area contributed by atoms with Crippen LogP contribution < -0.4 is 4.74 Å². The van der Waals surface area contributed by atoms with E-state index in [-0.39, 0.29) is 11.3 Å². The smallest absolute Gasteiger partial charge is 0.372 e. The molecule has 0 bridgehead atoms. The van der Waals surface area contributed by atoms with Crippen molar-refractivity contribution in [1.82, 2.24) is 0 Å². The zero-order valence-corrected chi connectivity index (χ0v) is 8.21. The standard InChI is InChI=1S/C9H8O4S/c1-14-9(12)13-7-5-3-2-4-6(7)8(10)11/h2-5H,1H3,(H,10,11). The van der Waals surface area contributed by atoms with Gasteiger partial charge in [-0.1, -0.05) is 12.1 Å². The Morgan fingerprint density at radius 3 is 2.57 bits per heavy atom. The summed E-state index contributed by atoms with van der Waals surface area (Å²) >= 11 is 0.886. The van der Waals surface area contributed by atoms with E-state index in [4.69, 9.17) is 9.84 Å². The lowest BCUT2D eigenvalue weighted by Crippen LogP contribution is -2.05. The Labute approximate surface area is 84.9 Å². The Balaban J connectivity index is 2.95. The van der Waals surface area contributed by atoms with Crippen molar-refractivity contribution in [2.24, 2.45) is 0 Å². The van der Waals surface area contributed by atoms with Crippen LogP contribution in [0.15, 0.2) is 24.3 Å². The normalized spacial score (nSPS) is 9.50. The van der Waals surface area contributed by atoms with E-state index in [0.717, 1.165) is 11.8 Å². The summed E-state index contributed by atoms with van der Waals surface area (Å²) in [5, 5.41) is 8.22. The fraction of sp³-hybridized carbons (Fsp3) is 0.111. The van der Waals surface area contributed by atoms with Gasteiger partial charge in [-0.25, -0.2) is 9.59 Å². The summed E-state index contributed by atoms with van der Waals surface area (Å²) in [7, 11) is 0. The third kappa shape index (κ3) is 2.50. The van der Waals surface area contributed by atoms with Crippen LogP contribution in [0.25, 0.3) is 0 Å². The number of hydrogen-bond acceptors (Lipinski definition) is 4. The number of para-hydroxylation sites is 1. The van der Waals surface area contributed by atoms with Gasteiger partial charge >= 0.3 is 11.3 Å². The number of rotatable bonds is 2. The zero-order chi connectivity index (χ0) is 10.6. The Hall–Kier alpha value is -1.49. The third-order valence-electron chi connectivity index (χ3n) is 1.48. The van der Waals surface area contributed by atoms with E-state index in [1.807, 2.05) is 0 Å². The maximum atomic E-state index is 10.9. The molecule has 0 amide bonds. The predicted octanol–water partition coefficient (Wildman–Crippen LogP) is 2.25. The van der Waals surface area contributed by atoms with Gasteiger partial charge in [0.15, 0.2) is 0 Å². The van der Waals surface area contributed by atoms with Gasteiger partial charge in [0.25, 0.3) is 0 Å². The van der Waals surface area contributed by atoms with Gasteiger partial charge in [-0.2, -0.15) is 0 Å². The number of aromatic carboxylic acids is 1. The second-order valence-corrected chi connectivity index (χ2v) is 3.10. The molecule has 0 aromatic heterocycles. The molecule has 1 aromatic carbocycles. The molecule has 14 heavy (non-hydrogen) atoms. The molecule has 0 aliphatic carbocycles. The molecule has 0 heterocycles. The highest BCUT2D eigenvalue weighted by Gasteiger charge is 2.12. The van der Waals surface area contributed by atoms with Crippen molar-refractivity contribution in [1.29, 1.82) is 0 Å². The van der Waals surface area contributed by atoms with Gasteiger partial charge in [0.05, 0.1) is 0 Å². The lowest BCUT2D eigenvalue weighted by Gasteiger charge is -2.04. The van der Waals surface area contributed by atoms with E-state index in [2.05, 4.69) is 0 Å². The van der Waals surface area contributed by atoms with Crippen LogP contribution in [0.2, 0.25) is 0 Å². The molecule has 1 aromatic rings. The monoisotopic (exact) mass is 212 g/mol. The van der Waals surface area contributed by atoms with Gasteiger partial charge in [0.1, 0.15) is 11.3 Å². The lowest BCUT2D eigenvalue weighted by molar-refractivity contribution is 0.0694. The molecule has 0 fully saturated rings. The highest BCUT2D eigenvalue weighted by atomic mass is 32.2. The van der Waals surface area contributed by atoms with Gasteiger partial charge in [-0.15, -0.1) is 0 Å². The van der Waals surface area contributed by atoms with Crippen molar-refractivity contribution in [3.8, 4) is 5.75 Å². The fourth-order valence-electron chi connectivity index (χ4n) is 0.864. The van der Waals surface area contributed by atoms with Gasteiger partial charge in [-0.05, 0) is 30.2 Å². The lowest BCUT2D eigenvalue weighted by atomic mass is 10.2. The second-order valence-electron chi connectivity index (χ2n) is 2.36. The maximum Gasteiger partial charge on any atom is 0.372 e. The van der Waals surface area contributed by atoms with Crippen LogP contribution in [-0.2, 0) is 0 Å². The second kappa shape index (κ2) is 4.66. The first-order chi connectivity index (χ1) is 6.65. The molecule has 0 saturated carbocycles. The molecule has 0 atom stereocenters. The van der Waals surface area contributed by atoms with Crippen LogP contribution in [-0.4, -0.2) is 22.6 Å². The number of benzene rings is 1. The minimum Gasteiger partial charge on any atom is -0.478 e. The summed E-state index contributed by atoms with van der Waals surface area (Å²) in [5.41, 5.74) is -0.0186. The highest BCUT2D eigenvalue weighted by Crippen LogP contribution is 2.19. The summed E-state index contributed by atoms with van der Waals surface area (Å²) in [5.74, 6) is -1.05. The van der Waals surface area contributed by atoms with Crippen molar-refractivity contribution >= 4 is 23.0 Å². The number of carboxylic acid groups (broad SMARTS) is 1. The van der Waals surface area contributed by atoms with Crippen LogP contribution in [0.1, 0.15) is 10.4 Å². The summed E-state index contributed by atoms with van der Waals surface area (Å²) in [6.07, 6.45) is 1.56. The van der Waals surface area contributed by atoms with E-state index in [1.54, 1.807) is 18.4 Å². The van der Waals surface area contributed by atoms with Crippen molar-refractivity contribution in [2.75, 3.05) is 6.26 Å². The molecule has 1 N–H and O–H groups in total. The first kappa shape index (κ1) is 10.6. The largest absolute Gasteiger partial charge is 0.478 e. The molecule has 0 saturated heterocycles. The molecule has 0 unspecified atom stereocenters. The molecule has 1 rings (SSSR count). The van der Waals surface area contributed by atoms with Crippen LogP contribution in [0.5, 0.6) is 5.75 Å². The Morgan fingerprint density at radius 1 is 1.36 bits per heavy atom.